The summed E-state index contributed by atoms with van der Waals surface area (Å²) in [7, 11) is -2.11. The molecular weight excluding hydrogens is 484 g/mol. The number of benzene rings is 1. The van der Waals surface area contributed by atoms with Crippen molar-refractivity contribution in [1.29, 1.82) is 0 Å². The van der Waals surface area contributed by atoms with E-state index in [1.54, 1.807) is 12.1 Å². The fourth-order valence-electron chi connectivity index (χ4n) is 5.13. The molecule has 37 heavy (non-hydrogen) atoms. The molecule has 3 nitrogen and oxygen atoms in total. The summed E-state index contributed by atoms with van der Waals surface area (Å²) in [5.41, 5.74) is 4.84. The molecule has 0 spiro atoms. The Morgan fingerprint density at radius 3 is 2.38 bits per heavy atom. The number of rotatable bonds is 7. The second-order valence-electron chi connectivity index (χ2n) is 13.3. The molecule has 1 heterocycles. The van der Waals surface area contributed by atoms with Crippen molar-refractivity contribution in [2.24, 2.45) is 5.41 Å². The molecule has 2 aromatic rings. The zero-order chi connectivity index (χ0) is 28.1. The average Bonchev–Trinajstić information content (AvgIpc) is 2.76. The number of fused-ring (bicyclic) bond motifs is 1. The van der Waals surface area contributed by atoms with Crippen LogP contribution in [0.4, 0.5) is 8.78 Å². The van der Waals surface area contributed by atoms with E-state index < -0.39 is 20.3 Å². The van der Waals surface area contributed by atoms with Crippen molar-refractivity contribution < 1.29 is 18.3 Å². The Hall–Kier alpha value is -1.89. The molecule has 0 aliphatic heterocycles. The third kappa shape index (κ3) is 5.91. The second-order valence-corrected chi connectivity index (χ2v) is 18.1. The van der Waals surface area contributed by atoms with Gasteiger partial charge >= 0.3 is 0 Å². The van der Waals surface area contributed by atoms with E-state index in [4.69, 9.17) is 9.41 Å². The first-order valence-corrected chi connectivity index (χ1v) is 16.2. The van der Waals surface area contributed by atoms with Crippen LogP contribution in [0.2, 0.25) is 18.1 Å². The second kappa shape index (κ2) is 10.0. The summed E-state index contributed by atoms with van der Waals surface area (Å²) in [5, 5.41) is 11.7. The lowest BCUT2D eigenvalue weighted by Crippen LogP contribution is -2.44. The maximum atomic E-state index is 14.4. The van der Waals surface area contributed by atoms with Crippen molar-refractivity contribution in [2.45, 2.75) is 110 Å². The smallest absolute Gasteiger partial charge is 0.291 e. The van der Waals surface area contributed by atoms with Gasteiger partial charge in [0.05, 0.1) is 6.10 Å². The Morgan fingerprint density at radius 1 is 1.22 bits per heavy atom. The summed E-state index contributed by atoms with van der Waals surface area (Å²) >= 11 is 0. The van der Waals surface area contributed by atoms with Crippen LogP contribution in [0.1, 0.15) is 112 Å². The van der Waals surface area contributed by atoms with Gasteiger partial charge < -0.3 is 9.53 Å². The molecule has 2 unspecified atom stereocenters. The molecule has 0 radical (unpaired) electrons. The van der Waals surface area contributed by atoms with Gasteiger partial charge in [-0.2, -0.15) is 8.78 Å². The fraction of sp³-hybridized carbons (Fsp3) is 0.581. The molecule has 1 aromatic heterocycles. The van der Waals surface area contributed by atoms with Crippen LogP contribution in [-0.2, 0) is 16.8 Å². The zero-order valence-corrected chi connectivity index (χ0v) is 25.3. The normalized spacial score (nSPS) is 19.0. The van der Waals surface area contributed by atoms with Crippen molar-refractivity contribution in [2.75, 3.05) is 0 Å². The van der Waals surface area contributed by atoms with Gasteiger partial charge in [-0.25, -0.2) is 0 Å². The number of nitrogens with zero attached hydrogens (tertiary/aromatic N) is 1. The molecular formula is C31H45F2NO2Si. The van der Waals surface area contributed by atoms with E-state index in [0.717, 1.165) is 35.4 Å². The molecule has 1 aromatic carbocycles. The first-order valence-electron chi connectivity index (χ1n) is 13.3. The number of aromatic nitrogens is 1. The van der Waals surface area contributed by atoms with E-state index in [1.807, 2.05) is 6.92 Å². The van der Waals surface area contributed by atoms with Crippen LogP contribution in [0.5, 0.6) is 0 Å². The van der Waals surface area contributed by atoms with E-state index in [2.05, 4.69) is 68.1 Å². The number of pyridine rings is 1. The van der Waals surface area contributed by atoms with Crippen molar-refractivity contribution in [1.82, 2.24) is 4.98 Å². The van der Waals surface area contributed by atoms with Crippen LogP contribution >= 0.6 is 0 Å². The van der Waals surface area contributed by atoms with Crippen LogP contribution < -0.4 is 0 Å². The third-order valence-corrected chi connectivity index (χ3v) is 12.7. The lowest BCUT2D eigenvalue weighted by Gasteiger charge is -2.45. The first kappa shape index (κ1) is 29.7. The zero-order valence-electron chi connectivity index (χ0n) is 24.3. The Labute approximate surface area is 223 Å². The largest absolute Gasteiger partial charge is 0.410 e. The van der Waals surface area contributed by atoms with Gasteiger partial charge in [-0.05, 0) is 72.5 Å². The molecule has 204 valence electrons. The number of allylic oxidation sites excluding steroid dienone is 1. The lowest BCUT2D eigenvalue weighted by atomic mass is 9.72. The number of aliphatic hydroxyl groups excluding tert-OH is 1. The molecule has 3 rings (SSSR count). The molecule has 0 saturated heterocycles. The maximum Gasteiger partial charge on any atom is 0.291 e. The summed E-state index contributed by atoms with van der Waals surface area (Å²) in [5.74, 6) is -3.12. The topological polar surface area (TPSA) is 42.4 Å². The first-order chi connectivity index (χ1) is 16.8. The predicted octanol–water partition coefficient (Wildman–Crippen LogP) is 8.91. The quantitative estimate of drug-likeness (QED) is 0.288. The van der Waals surface area contributed by atoms with Crippen LogP contribution in [0, 0.1) is 12.3 Å². The molecule has 0 fully saturated rings. The standard InChI is InChI=1S/C31H45F2NO2Si/c1-12-31(32,33)22-15-13-14-21(16-22)28(35)26-20(4)25-23(34-27(26)19(2)3)17-30(8,9)18-24(25)36-37(10,11)29(5,6)7/h12-16,19,24,28,35H,1,17-18H2,2-11H3. The summed E-state index contributed by atoms with van der Waals surface area (Å²) in [6.45, 7) is 25.2. The van der Waals surface area contributed by atoms with Crippen LogP contribution in [0.25, 0.3) is 0 Å². The number of alkyl halides is 2. The fourth-order valence-corrected chi connectivity index (χ4v) is 6.40. The highest BCUT2D eigenvalue weighted by Crippen LogP contribution is 2.49. The minimum Gasteiger partial charge on any atom is -0.410 e. The Bertz CT molecular complexity index is 1160. The third-order valence-electron chi connectivity index (χ3n) is 8.26. The molecule has 1 N–H and O–H groups in total. The van der Waals surface area contributed by atoms with Crippen LogP contribution in [0.3, 0.4) is 0 Å². The molecule has 6 heteroatoms. The van der Waals surface area contributed by atoms with Crippen molar-refractivity contribution >= 4 is 8.32 Å². The van der Waals surface area contributed by atoms with Crippen LogP contribution in [-0.4, -0.2) is 18.4 Å². The summed E-state index contributed by atoms with van der Waals surface area (Å²) in [6.07, 6.45) is 1.12. The van der Waals surface area contributed by atoms with Gasteiger partial charge in [0.15, 0.2) is 8.32 Å². The highest BCUT2D eigenvalue weighted by atomic mass is 28.4. The van der Waals surface area contributed by atoms with Crippen LogP contribution in [0.15, 0.2) is 36.9 Å². The molecule has 0 amide bonds. The number of hydrogen-bond donors (Lipinski definition) is 1. The Kier molecular flexibility index (Phi) is 8.03. The molecule has 1 aliphatic rings. The van der Waals surface area contributed by atoms with Crippen molar-refractivity contribution in [3.63, 3.8) is 0 Å². The van der Waals surface area contributed by atoms with Gasteiger partial charge in [0.25, 0.3) is 5.92 Å². The lowest BCUT2D eigenvalue weighted by molar-refractivity contribution is 0.0523. The van der Waals surface area contributed by atoms with E-state index >= 15 is 0 Å². The summed E-state index contributed by atoms with van der Waals surface area (Å²) in [4.78, 5) is 5.16. The monoisotopic (exact) mass is 529 g/mol. The Balaban J connectivity index is 2.23. The van der Waals surface area contributed by atoms with Crippen molar-refractivity contribution in [3.8, 4) is 0 Å². The number of aliphatic hydroxyl groups is 1. The summed E-state index contributed by atoms with van der Waals surface area (Å²) in [6, 6.07) is 6.00. The van der Waals surface area contributed by atoms with Gasteiger partial charge in [-0.1, -0.05) is 73.2 Å². The van der Waals surface area contributed by atoms with E-state index in [1.165, 1.54) is 12.1 Å². The average molecular weight is 530 g/mol. The van der Waals surface area contributed by atoms with E-state index in [-0.39, 0.29) is 28.0 Å². The summed E-state index contributed by atoms with van der Waals surface area (Å²) < 4.78 is 35.8. The van der Waals surface area contributed by atoms with Crippen molar-refractivity contribution in [3.05, 3.63) is 76.1 Å². The van der Waals surface area contributed by atoms with E-state index in [0.29, 0.717) is 17.2 Å². The highest BCUT2D eigenvalue weighted by Gasteiger charge is 2.44. The predicted molar refractivity (Wildman–Crippen MR) is 151 cm³/mol. The molecule has 1 aliphatic carbocycles. The number of halogens is 2. The molecule has 2 atom stereocenters. The van der Waals surface area contributed by atoms with Gasteiger partial charge in [-0.15, -0.1) is 0 Å². The maximum absolute atomic E-state index is 14.4. The molecule has 0 bridgehead atoms. The van der Waals surface area contributed by atoms with Gasteiger partial charge in [0, 0.05) is 28.1 Å². The SMILES string of the molecule is C=CC(F)(F)c1cccc(C(O)c2c(C(C)C)nc3c(c2C)C(O[Si](C)(C)C(C)(C)C)CC(C)(C)C3)c1. The number of hydrogen-bond acceptors (Lipinski definition) is 3. The minimum atomic E-state index is -3.17. The Morgan fingerprint density at radius 2 is 1.84 bits per heavy atom. The van der Waals surface area contributed by atoms with Gasteiger partial charge in [0.1, 0.15) is 6.10 Å². The molecule has 0 saturated carbocycles. The highest BCUT2D eigenvalue weighted by molar-refractivity contribution is 6.74. The van der Waals surface area contributed by atoms with Gasteiger partial charge in [0.2, 0.25) is 0 Å². The van der Waals surface area contributed by atoms with E-state index in [9.17, 15) is 13.9 Å². The van der Waals surface area contributed by atoms with Gasteiger partial charge in [-0.3, -0.25) is 4.98 Å². The minimum absolute atomic E-state index is 0.0262.